The number of hydrogen-bond acceptors (Lipinski definition) is 1. The zero-order chi connectivity index (χ0) is 9.47. The van der Waals surface area contributed by atoms with E-state index in [0.29, 0.717) is 18.4 Å². The molecule has 3 atom stereocenters. The Morgan fingerprint density at radius 1 is 1.62 bits per heavy atom. The Bertz CT molecular complexity index is 244. The summed E-state index contributed by atoms with van der Waals surface area (Å²) in [4.78, 5) is 0. The van der Waals surface area contributed by atoms with Gasteiger partial charge >= 0.3 is 0 Å². The average molecular weight is 178 g/mol. The van der Waals surface area contributed by atoms with Crippen LogP contribution < -0.4 is 0 Å². The van der Waals surface area contributed by atoms with Crippen molar-refractivity contribution >= 4 is 0 Å². The van der Waals surface area contributed by atoms with E-state index in [1.807, 2.05) is 0 Å². The highest BCUT2D eigenvalue weighted by Crippen LogP contribution is 2.56. The average Bonchev–Trinajstić information content (AvgIpc) is 2.18. The zero-order valence-electron chi connectivity index (χ0n) is 8.13. The van der Waals surface area contributed by atoms with Crippen molar-refractivity contribution in [1.29, 1.82) is 0 Å². The number of rotatable bonds is 2. The van der Waals surface area contributed by atoms with Gasteiger partial charge < -0.3 is 5.11 Å². The lowest BCUT2D eigenvalue weighted by atomic mass is 9.54. The maximum Gasteiger partial charge on any atom is 0.0467 e. The van der Waals surface area contributed by atoms with E-state index in [2.05, 4.69) is 19.2 Å². The van der Waals surface area contributed by atoms with Crippen molar-refractivity contribution in [2.45, 2.75) is 25.7 Å². The highest BCUT2D eigenvalue weighted by atomic mass is 16.3. The molecule has 72 valence electrons. The number of aliphatic hydroxyl groups excluding tert-OH is 1. The van der Waals surface area contributed by atoms with Gasteiger partial charge in [0.2, 0.25) is 0 Å². The molecule has 0 amide bonds. The monoisotopic (exact) mass is 178 g/mol. The Morgan fingerprint density at radius 3 is 2.92 bits per heavy atom. The molecule has 1 heteroatoms. The van der Waals surface area contributed by atoms with E-state index < -0.39 is 0 Å². The molecule has 0 radical (unpaired) electrons. The molecule has 2 bridgehead atoms. The Morgan fingerprint density at radius 2 is 2.38 bits per heavy atom. The topological polar surface area (TPSA) is 20.2 Å². The lowest BCUT2D eigenvalue weighted by molar-refractivity contribution is 0.0332. The molecule has 3 aliphatic rings. The molecule has 1 N–H and O–H groups in total. The summed E-state index contributed by atoms with van der Waals surface area (Å²) >= 11 is 0. The van der Waals surface area contributed by atoms with E-state index >= 15 is 0 Å². The van der Waals surface area contributed by atoms with Crippen LogP contribution in [0.15, 0.2) is 24.8 Å². The molecule has 1 nitrogen and oxygen atoms in total. The van der Waals surface area contributed by atoms with Crippen molar-refractivity contribution in [2.24, 2.45) is 17.3 Å². The normalized spacial score (nSPS) is 43.6. The molecule has 0 aromatic rings. The molecule has 0 spiro atoms. The Labute approximate surface area is 80.2 Å². The third-order valence-electron chi connectivity index (χ3n) is 4.10. The van der Waals surface area contributed by atoms with E-state index in [-0.39, 0.29) is 5.41 Å². The Hall–Kier alpha value is -0.560. The molecule has 13 heavy (non-hydrogen) atoms. The molecule has 0 aromatic heterocycles. The molecule has 0 aliphatic heterocycles. The van der Waals surface area contributed by atoms with Crippen molar-refractivity contribution in [3.63, 3.8) is 0 Å². The first-order chi connectivity index (χ1) is 6.22. The summed E-state index contributed by atoms with van der Waals surface area (Å²) in [6.45, 7) is 8.38. The van der Waals surface area contributed by atoms with Gasteiger partial charge in [-0.05, 0) is 42.9 Å². The van der Waals surface area contributed by atoms with Gasteiger partial charge in [-0.15, -0.1) is 6.58 Å². The van der Waals surface area contributed by atoms with Crippen LogP contribution in [0.1, 0.15) is 25.7 Å². The fourth-order valence-electron chi connectivity index (χ4n) is 3.11. The second-order valence-electron chi connectivity index (χ2n) is 4.62. The molecule has 0 saturated heterocycles. The van der Waals surface area contributed by atoms with Crippen molar-refractivity contribution in [2.75, 3.05) is 6.61 Å². The van der Waals surface area contributed by atoms with Gasteiger partial charge in [-0.1, -0.05) is 18.2 Å². The lowest BCUT2D eigenvalue weighted by Gasteiger charge is -2.51. The van der Waals surface area contributed by atoms with Gasteiger partial charge in [0.1, 0.15) is 0 Å². The van der Waals surface area contributed by atoms with Crippen LogP contribution in [0.5, 0.6) is 0 Å². The highest BCUT2D eigenvalue weighted by molar-refractivity contribution is 5.20. The predicted octanol–water partition coefficient (Wildman–Crippen LogP) is 2.53. The third-order valence-corrected chi connectivity index (χ3v) is 4.10. The van der Waals surface area contributed by atoms with E-state index in [4.69, 9.17) is 0 Å². The lowest BCUT2D eigenvalue weighted by Crippen LogP contribution is -2.43. The summed E-state index contributed by atoms with van der Waals surface area (Å²) < 4.78 is 0. The zero-order valence-corrected chi connectivity index (χ0v) is 8.13. The number of hydrogen-bond donors (Lipinski definition) is 1. The summed E-state index contributed by atoms with van der Waals surface area (Å²) in [5.74, 6) is 1.12. The molecule has 3 aliphatic carbocycles. The SMILES string of the molecule is C=C[C@@]12CC[C@@H](C[C@H]1CO)C(=C)C2. The van der Waals surface area contributed by atoms with Gasteiger partial charge in [0, 0.05) is 6.61 Å². The molecule has 3 saturated carbocycles. The third kappa shape index (κ3) is 1.18. The first-order valence-corrected chi connectivity index (χ1v) is 5.14. The summed E-state index contributed by atoms with van der Waals surface area (Å²) in [6.07, 6.45) is 6.70. The fraction of sp³-hybridized carbons (Fsp3) is 0.667. The molecule has 3 rings (SSSR count). The molecule has 0 aromatic carbocycles. The van der Waals surface area contributed by atoms with Crippen LogP contribution in [0.25, 0.3) is 0 Å². The van der Waals surface area contributed by atoms with Gasteiger partial charge in [0.05, 0.1) is 0 Å². The standard InChI is InChI=1S/C12H18O/c1-3-12-5-4-10(9(2)7-12)6-11(12)8-13/h3,10-11,13H,1-2,4-8H2/t10-,11-,12-/m0/s1. The van der Waals surface area contributed by atoms with Crippen molar-refractivity contribution in [3.8, 4) is 0 Å². The van der Waals surface area contributed by atoms with E-state index in [1.165, 1.54) is 18.4 Å². The van der Waals surface area contributed by atoms with E-state index in [1.54, 1.807) is 0 Å². The summed E-state index contributed by atoms with van der Waals surface area (Å²) in [5, 5.41) is 9.32. The van der Waals surface area contributed by atoms with Crippen LogP contribution in [-0.2, 0) is 0 Å². The number of allylic oxidation sites excluding steroid dienone is 2. The van der Waals surface area contributed by atoms with Crippen LogP contribution in [0.4, 0.5) is 0 Å². The Kier molecular flexibility index (Phi) is 2.07. The molecular weight excluding hydrogens is 160 g/mol. The van der Waals surface area contributed by atoms with Crippen LogP contribution in [0, 0.1) is 17.3 Å². The van der Waals surface area contributed by atoms with Crippen LogP contribution in [-0.4, -0.2) is 11.7 Å². The van der Waals surface area contributed by atoms with Gasteiger partial charge in [0.15, 0.2) is 0 Å². The van der Waals surface area contributed by atoms with Crippen molar-refractivity contribution in [1.82, 2.24) is 0 Å². The Balaban J connectivity index is 2.28. The smallest absolute Gasteiger partial charge is 0.0467 e. The van der Waals surface area contributed by atoms with E-state index in [9.17, 15) is 5.11 Å². The largest absolute Gasteiger partial charge is 0.396 e. The van der Waals surface area contributed by atoms with Gasteiger partial charge in [0.25, 0.3) is 0 Å². The maximum atomic E-state index is 9.32. The molecule has 3 fully saturated rings. The highest BCUT2D eigenvalue weighted by Gasteiger charge is 2.46. The first-order valence-electron chi connectivity index (χ1n) is 5.14. The quantitative estimate of drug-likeness (QED) is 0.644. The van der Waals surface area contributed by atoms with Crippen LogP contribution in [0.2, 0.25) is 0 Å². The fourth-order valence-corrected chi connectivity index (χ4v) is 3.11. The van der Waals surface area contributed by atoms with Crippen molar-refractivity contribution < 1.29 is 5.11 Å². The minimum atomic E-state index is 0.181. The minimum absolute atomic E-state index is 0.181. The van der Waals surface area contributed by atoms with Gasteiger partial charge in [-0.25, -0.2) is 0 Å². The second kappa shape index (κ2) is 2.98. The first kappa shape index (κ1) is 9.01. The second-order valence-corrected chi connectivity index (χ2v) is 4.62. The molecule has 0 unspecified atom stereocenters. The summed E-state index contributed by atoms with van der Waals surface area (Å²) in [6, 6.07) is 0. The predicted molar refractivity (Wildman–Crippen MR) is 54.3 cm³/mol. The number of fused-ring (bicyclic) bond motifs is 3. The summed E-state index contributed by atoms with van der Waals surface area (Å²) in [5.41, 5.74) is 1.57. The van der Waals surface area contributed by atoms with Gasteiger partial charge in [-0.2, -0.15) is 0 Å². The van der Waals surface area contributed by atoms with Crippen LogP contribution in [0.3, 0.4) is 0 Å². The maximum absolute atomic E-state index is 9.32. The van der Waals surface area contributed by atoms with Gasteiger partial charge in [-0.3, -0.25) is 0 Å². The van der Waals surface area contributed by atoms with Crippen LogP contribution >= 0.6 is 0 Å². The summed E-state index contributed by atoms with van der Waals surface area (Å²) in [7, 11) is 0. The molecular formula is C12H18O. The molecule has 0 heterocycles. The minimum Gasteiger partial charge on any atom is -0.396 e. The van der Waals surface area contributed by atoms with Crippen molar-refractivity contribution in [3.05, 3.63) is 24.8 Å². The number of aliphatic hydroxyl groups is 1. The van der Waals surface area contributed by atoms with E-state index in [0.717, 1.165) is 12.8 Å².